The van der Waals surface area contributed by atoms with E-state index >= 15 is 0 Å². The number of rotatable bonds is 9. The smallest absolute Gasteiger partial charge is 0.326 e. The summed E-state index contributed by atoms with van der Waals surface area (Å²) in [6, 6.07) is -1.88. The molecule has 0 spiro atoms. The topological polar surface area (TPSA) is 137 Å². The van der Waals surface area contributed by atoms with Crippen LogP contribution in [-0.4, -0.2) is 58.0 Å². The molecule has 4 N–H and O–H groups in total. The summed E-state index contributed by atoms with van der Waals surface area (Å²) in [5.74, 6) is 2.16. The molecule has 3 fully saturated rings. The number of carbonyl (C=O) groups excluding carboxylic acids is 2. The molecule has 4 rings (SSSR count). The summed E-state index contributed by atoms with van der Waals surface area (Å²) in [6.07, 6.45) is 16.4. The number of nitrogens with zero attached hydrogens (tertiary/aromatic N) is 1. The standard InChI is InChI=1S/C31H45N3O6/c1-6-8-25(28(37)38)33-27(36)19(3)32-26(35)18-40-34-21-11-14-29(4)20(17-21)9-10-22-23(29)12-15-30(5)24(22)13-16-31(30,39)7-2/h2,17,19,22-25,39H,6,8-16,18H2,1,3-5H3,(H,32,35)(H,33,36)(H,37,38)/b34-21-/t19-,22-,23+,24+,25+,29+,30+,31-/m1/s1. The zero-order chi connectivity index (χ0) is 29.3. The Bertz CT molecular complexity index is 1130. The van der Waals surface area contributed by atoms with E-state index in [4.69, 9.17) is 11.3 Å². The van der Waals surface area contributed by atoms with Crippen LogP contribution in [0.1, 0.15) is 91.9 Å². The van der Waals surface area contributed by atoms with Crippen molar-refractivity contribution in [2.45, 2.75) is 110 Å². The fraction of sp³-hybridized carbons (Fsp3) is 0.742. The Kier molecular flexibility index (Phi) is 8.70. The highest BCUT2D eigenvalue weighted by Crippen LogP contribution is 2.67. The molecular weight excluding hydrogens is 510 g/mol. The van der Waals surface area contributed by atoms with Crippen LogP contribution in [0.3, 0.4) is 0 Å². The molecule has 0 unspecified atom stereocenters. The van der Waals surface area contributed by atoms with E-state index in [2.05, 4.69) is 41.6 Å². The van der Waals surface area contributed by atoms with Gasteiger partial charge in [0.25, 0.3) is 5.91 Å². The first-order valence-corrected chi connectivity index (χ1v) is 14.8. The van der Waals surface area contributed by atoms with E-state index in [1.54, 1.807) is 0 Å². The predicted octanol–water partition coefficient (Wildman–Crippen LogP) is 3.56. The van der Waals surface area contributed by atoms with Gasteiger partial charge in [-0.1, -0.05) is 43.8 Å². The zero-order valence-electron chi connectivity index (χ0n) is 24.3. The van der Waals surface area contributed by atoms with Gasteiger partial charge in [0.15, 0.2) is 6.61 Å². The number of hydrogen-bond donors (Lipinski definition) is 4. The van der Waals surface area contributed by atoms with Gasteiger partial charge < -0.3 is 25.7 Å². The van der Waals surface area contributed by atoms with Crippen LogP contribution in [0.5, 0.6) is 0 Å². The number of fused-ring (bicyclic) bond motifs is 5. The number of terminal acetylenes is 1. The average Bonchev–Trinajstić information content (AvgIpc) is 3.19. The minimum Gasteiger partial charge on any atom is -0.480 e. The molecule has 40 heavy (non-hydrogen) atoms. The molecule has 0 aromatic heterocycles. The van der Waals surface area contributed by atoms with Crippen molar-refractivity contribution in [3.05, 3.63) is 11.6 Å². The monoisotopic (exact) mass is 555 g/mol. The maximum Gasteiger partial charge on any atom is 0.326 e. The van der Waals surface area contributed by atoms with Crippen molar-refractivity contribution in [2.24, 2.45) is 33.7 Å². The third-order valence-electron chi connectivity index (χ3n) is 10.7. The van der Waals surface area contributed by atoms with Gasteiger partial charge in [-0.2, -0.15) is 0 Å². The highest BCUT2D eigenvalue weighted by molar-refractivity contribution is 5.96. The number of amides is 2. The molecule has 220 valence electrons. The quantitative estimate of drug-likeness (QED) is 0.254. The minimum absolute atomic E-state index is 0.0892. The van der Waals surface area contributed by atoms with Crippen LogP contribution in [-0.2, 0) is 19.2 Å². The summed E-state index contributed by atoms with van der Waals surface area (Å²) >= 11 is 0. The van der Waals surface area contributed by atoms with Crippen molar-refractivity contribution in [2.75, 3.05) is 6.61 Å². The van der Waals surface area contributed by atoms with Gasteiger partial charge in [-0.05, 0) is 94.0 Å². The number of aliphatic hydroxyl groups is 1. The maximum atomic E-state index is 12.3. The molecule has 9 nitrogen and oxygen atoms in total. The Morgan fingerprint density at radius 2 is 1.88 bits per heavy atom. The van der Waals surface area contributed by atoms with E-state index in [-0.39, 0.29) is 17.4 Å². The highest BCUT2D eigenvalue weighted by atomic mass is 16.6. The molecule has 0 aromatic carbocycles. The van der Waals surface area contributed by atoms with Gasteiger partial charge in [0, 0.05) is 5.41 Å². The third kappa shape index (κ3) is 5.39. The molecule has 4 aliphatic rings. The first-order chi connectivity index (χ1) is 18.9. The number of oxime groups is 1. The minimum atomic E-state index is -1.10. The van der Waals surface area contributed by atoms with E-state index in [1.807, 2.05) is 6.92 Å². The van der Waals surface area contributed by atoms with Crippen LogP contribution >= 0.6 is 0 Å². The Labute approximate surface area is 237 Å². The molecule has 0 aromatic rings. The summed E-state index contributed by atoms with van der Waals surface area (Å²) in [7, 11) is 0. The van der Waals surface area contributed by atoms with Gasteiger partial charge in [0.05, 0.1) is 5.71 Å². The Morgan fingerprint density at radius 3 is 2.55 bits per heavy atom. The highest BCUT2D eigenvalue weighted by Gasteiger charge is 2.63. The molecule has 0 bridgehead atoms. The van der Waals surface area contributed by atoms with Crippen molar-refractivity contribution in [1.82, 2.24) is 10.6 Å². The Hall–Kier alpha value is -2.86. The first-order valence-electron chi connectivity index (χ1n) is 14.8. The van der Waals surface area contributed by atoms with Gasteiger partial charge in [-0.15, -0.1) is 6.42 Å². The van der Waals surface area contributed by atoms with Gasteiger partial charge in [0.1, 0.15) is 17.7 Å². The van der Waals surface area contributed by atoms with E-state index < -0.39 is 35.5 Å². The number of allylic oxidation sites excluding steroid dienone is 2. The zero-order valence-corrected chi connectivity index (χ0v) is 24.3. The Morgan fingerprint density at radius 1 is 1.15 bits per heavy atom. The lowest BCUT2D eigenvalue weighted by molar-refractivity contribution is -0.142. The average molecular weight is 556 g/mol. The molecule has 2 amide bonds. The molecule has 0 radical (unpaired) electrons. The van der Waals surface area contributed by atoms with E-state index in [0.29, 0.717) is 37.0 Å². The van der Waals surface area contributed by atoms with Crippen LogP contribution < -0.4 is 10.6 Å². The lowest BCUT2D eigenvalue weighted by Gasteiger charge is -2.58. The number of carboxylic acids is 1. The summed E-state index contributed by atoms with van der Waals surface area (Å²) in [4.78, 5) is 41.2. The van der Waals surface area contributed by atoms with Crippen molar-refractivity contribution in [3.8, 4) is 12.3 Å². The molecule has 0 heterocycles. The number of hydrogen-bond acceptors (Lipinski definition) is 6. The second-order valence-corrected chi connectivity index (χ2v) is 12.8. The van der Waals surface area contributed by atoms with Crippen LogP contribution in [0.4, 0.5) is 0 Å². The van der Waals surface area contributed by atoms with Gasteiger partial charge in [-0.25, -0.2) is 4.79 Å². The molecular formula is C31H45N3O6. The molecule has 8 atom stereocenters. The Balaban J connectivity index is 1.32. The lowest BCUT2D eigenvalue weighted by atomic mass is 9.46. The van der Waals surface area contributed by atoms with E-state index in [1.165, 1.54) is 12.5 Å². The SMILES string of the molecule is C#C[C@@]1(O)CC[C@H]2[C@@H]3CCC4=C/C(=N\OCC(=O)N[C@H](C)C(=O)N[C@@H](CCC)C(=O)O)CC[C@]4(C)[C@H]3CC[C@@]21C. The predicted molar refractivity (Wildman–Crippen MR) is 151 cm³/mol. The largest absolute Gasteiger partial charge is 0.480 e. The lowest BCUT2D eigenvalue weighted by Crippen LogP contribution is -2.54. The molecule has 9 heteroatoms. The van der Waals surface area contributed by atoms with E-state index in [0.717, 1.165) is 50.7 Å². The maximum absolute atomic E-state index is 12.3. The molecule has 0 aliphatic heterocycles. The number of nitrogens with one attached hydrogen (secondary N) is 2. The molecule has 4 aliphatic carbocycles. The van der Waals surface area contributed by atoms with Gasteiger partial charge in [0.2, 0.25) is 5.91 Å². The fourth-order valence-corrected chi connectivity index (χ4v) is 8.26. The van der Waals surface area contributed by atoms with Crippen molar-refractivity contribution >= 4 is 23.5 Å². The van der Waals surface area contributed by atoms with Crippen molar-refractivity contribution in [1.29, 1.82) is 0 Å². The summed E-state index contributed by atoms with van der Waals surface area (Å²) in [5, 5.41) is 29.6. The number of aliphatic carboxylic acids is 1. The normalized spacial score (nSPS) is 37.0. The van der Waals surface area contributed by atoms with Crippen LogP contribution in [0.25, 0.3) is 0 Å². The molecule has 0 saturated heterocycles. The number of carbonyl (C=O) groups is 3. The van der Waals surface area contributed by atoms with Gasteiger partial charge in [-0.3, -0.25) is 9.59 Å². The summed E-state index contributed by atoms with van der Waals surface area (Å²) in [5.41, 5.74) is 1.10. The number of carboxylic acid groups (broad SMARTS) is 1. The second kappa shape index (κ2) is 11.6. The second-order valence-electron chi connectivity index (χ2n) is 12.8. The van der Waals surface area contributed by atoms with Gasteiger partial charge >= 0.3 is 5.97 Å². The summed E-state index contributed by atoms with van der Waals surface area (Å²) in [6.45, 7) is 7.59. The summed E-state index contributed by atoms with van der Waals surface area (Å²) < 4.78 is 0. The van der Waals surface area contributed by atoms with Crippen LogP contribution in [0.15, 0.2) is 16.8 Å². The van der Waals surface area contributed by atoms with Crippen molar-refractivity contribution in [3.63, 3.8) is 0 Å². The molecule has 3 saturated carbocycles. The van der Waals surface area contributed by atoms with Crippen molar-refractivity contribution < 1.29 is 29.4 Å². The first kappa shape index (κ1) is 30.1. The fourth-order valence-electron chi connectivity index (χ4n) is 8.26. The van der Waals surface area contributed by atoms with E-state index in [9.17, 15) is 24.6 Å². The van der Waals surface area contributed by atoms with Crippen LogP contribution in [0, 0.1) is 40.9 Å². The van der Waals surface area contributed by atoms with Crippen LogP contribution in [0.2, 0.25) is 0 Å². The third-order valence-corrected chi connectivity index (χ3v) is 10.7.